The van der Waals surface area contributed by atoms with Crippen LogP contribution in [0.1, 0.15) is 91.5 Å². The Hall–Kier alpha value is -2.17. The molecule has 220 valence electrons. The summed E-state index contributed by atoms with van der Waals surface area (Å²) in [6.45, 7) is 11.0. The molecule has 1 aliphatic heterocycles. The monoisotopic (exact) mass is 567 g/mol. The van der Waals surface area contributed by atoms with Gasteiger partial charge in [-0.3, -0.25) is 13.9 Å². The highest BCUT2D eigenvalue weighted by atomic mass is 32.2. The summed E-state index contributed by atoms with van der Waals surface area (Å²) in [6.07, 6.45) is 5.37. The molecule has 0 bridgehead atoms. The van der Waals surface area contributed by atoms with Crippen molar-refractivity contribution in [2.45, 2.75) is 121 Å². The van der Waals surface area contributed by atoms with Crippen molar-refractivity contribution in [1.82, 2.24) is 4.90 Å². The lowest BCUT2D eigenvalue weighted by Gasteiger charge is -2.36. The lowest BCUT2D eigenvalue weighted by atomic mass is 9.95. The molecular formula is C29H45NO8S. The third-order valence-corrected chi connectivity index (χ3v) is 8.44. The van der Waals surface area contributed by atoms with Crippen LogP contribution in [0.3, 0.4) is 0 Å². The number of amides is 1. The van der Waals surface area contributed by atoms with Crippen LogP contribution in [-0.2, 0) is 33.3 Å². The topological polar surface area (TPSA) is 108 Å². The highest BCUT2D eigenvalue weighted by Crippen LogP contribution is 2.34. The molecule has 1 aromatic rings. The Balaban J connectivity index is 1.72. The second kappa shape index (κ2) is 13.0. The molecule has 2 aliphatic rings. The molecule has 0 N–H and O–H groups in total. The maximum atomic E-state index is 13.1. The minimum absolute atomic E-state index is 0.0467. The predicted molar refractivity (Wildman–Crippen MR) is 147 cm³/mol. The molecule has 1 unspecified atom stereocenters. The average Bonchev–Trinajstić information content (AvgIpc) is 3.14. The smallest absolute Gasteiger partial charge is 0.412 e. The molecular weight excluding hydrogens is 522 g/mol. The highest BCUT2D eigenvalue weighted by Gasteiger charge is 2.46. The minimum atomic E-state index is -4.00. The molecule has 1 aromatic carbocycles. The molecule has 0 radical (unpaired) electrons. The number of benzene rings is 1. The fourth-order valence-corrected chi connectivity index (χ4v) is 6.08. The maximum absolute atomic E-state index is 13.1. The molecule has 0 spiro atoms. The molecule has 1 heterocycles. The molecule has 2 fully saturated rings. The van der Waals surface area contributed by atoms with Crippen molar-refractivity contribution in [2.24, 2.45) is 5.92 Å². The standard InChI is InChI=1S/C29H45NO8S/c1-21-12-15-25(16-13-21)39(33,34)36-19-22(14-17-26(31)37-24-10-8-7-9-11-24)18-23-20-35-29(5,6)30(23)27(32)38-28(2,3)4/h12-13,15-16,22-24H,7-11,14,17-20H2,1-6H3/t22-,23?/m1/s1. The Labute approximate surface area is 233 Å². The van der Waals surface area contributed by atoms with Crippen molar-refractivity contribution in [3.05, 3.63) is 29.8 Å². The summed E-state index contributed by atoms with van der Waals surface area (Å²) in [4.78, 5) is 27.4. The third kappa shape index (κ3) is 9.46. The number of nitrogens with zero attached hydrogens (tertiary/aromatic N) is 1. The van der Waals surface area contributed by atoms with Crippen molar-refractivity contribution in [3.63, 3.8) is 0 Å². The summed E-state index contributed by atoms with van der Waals surface area (Å²) in [5.41, 5.74) is -0.644. The van der Waals surface area contributed by atoms with E-state index in [0.717, 1.165) is 37.7 Å². The summed E-state index contributed by atoms with van der Waals surface area (Å²) < 4.78 is 48.5. The summed E-state index contributed by atoms with van der Waals surface area (Å²) >= 11 is 0. The number of aryl methyl sites for hydroxylation is 1. The zero-order valence-electron chi connectivity index (χ0n) is 24.2. The van der Waals surface area contributed by atoms with E-state index in [0.29, 0.717) is 12.8 Å². The summed E-state index contributed by atoms with van der Waals surface area (Å²) in [7, 11) is -4.00. The Morgan fingerprint density at radius 2 is 1.74 bits per heavy atom. The van der Waals surface area contributed by atoms with Crippen molar-refractivity contribution in [2.75, 3.05) is 13.2 Å². The van der Waals surface area contributed by atoms with Crippen molar-refractivity contribution in [3.8, 4) is 0 Å². The van der Waals surface area contributed by atoms with E-state index < -0.39 is 27.5 Å². The zero-order chi connectivity index (χ0) is 28.8. The molecule has 0 aromatic heterocycles. The molecule has 39 heavy (non-hydrogen) atoms. The molecule has 1 saturated heterocycles. The van der Waals surface area contributed by atoms with E-state index in [1.54, 1.807) is 51.7 Å². The number of hydrogen-bond acceptors (Lipinski definition) is 8. The Morgan fingerprint density at radius 1 is 1.10 bits per heavy atom. The normalized spacial score (nSPS) is 21.0. The van der Waals surface area contributed by atoms with E-state index in [4.69, 9.17) is 18.4 Å². The Bertz CT molecular complexity index is 1070. The van der Waals surface area contributed by atoms with Crippen LogP contribution < -0.4 is 0 Å². The Kier molecular flexibility index (Phi) is 10.5. The van der Waals surface area contributed by atoms with Gasteiger partial charge in [0, 0.05) is 6.42 Å². The van der Waals surface area contributed by atoms with Gasteiger partial charge in [0.05, 0.1) is 24.2 Å². The van der Waals surface area contributed by atoms with Gasteiger partial charge >= 0.3 is 12.1 Å². The van der Waals surface area contributed by atoms with Gasteiger partial charge in [-0.15, -0.1) is 0 Å². The van der Waals surface area contributed by atoms with Gasteiger partial charge in [-0.1, -0.05) is 24.1 Å². The fraction of sp³-hybridized carbons (Fsp3) is 0.724. The third-order valence-electron chi connectivity index (χ3n) is 7.15. The van der Waals surface area contributed by atoms with E-state index in [1.165, 1.54) is 12.1 Å². The van der Waals surface area contributed by atoms with Crippen LogP contribution in [0.15, 0.2) is 29.2 Å². The second-order valence-corrected chi connectivity index (χ2v) is 13.8. The lowest BCUT2D eigenvalue weighted by molar-refractivity contribution is -0.151. The molecule has 10 heteroatoms. The average molecular weight is 568 g/mol. The first kappa shape index (κ1) is 31.4. The van der Waals surface area contributed by atoms with Gasteiger partial charge in [0.15, 0.2) is 0 Å². The second-order valence-electron chi connectivity index (χ2n) is 12.2. The summed E-state index contributed by atoms with van der Waals surface area (Å²) in [6, 6.07) is 6.08. The van der Waals surface area contributed by atoms with Gasteiger partial charge in [-0.25, -0.2) is 4.79 Å². The fourth-order valence-electron chi connectivity index (χ4n) is 5.10. The van der Waals surface area contributed by atoms with E-state index >= 15 is 0 Å². The van der Waals surface area contributed by atoms with Crippen LogP contribution in [0.25, 0.3) is 0 Å². The first-order valence-electron chi connectivity index (χ1n) is 14.0. The van der Waals surface area contributed by atoms with Gasteiger partial charge in [-0.05, 0) is 98.1 Å². The molecule has 1 amide bonds. The SMILES string of the molecule is Cc1ccc(S(=O)(=O)OC[C@H](CCC(=O)OC2CCCCC2)CC2COC(C)(C)N2C(=O)OC(C)(C)C)cc1. The number of esters is 1. The molecule has 1 aliphatic carbocycles. The van der Waals surface area contributed by atoms with Crippen molar-refractivity contribution >= 4 is 22.2 Å². The van der Waals surface area contributed by atoms with Gasteiger partial charge in [0.2, 0.25) is 0 Å². The van der Waals surface area contributed by atoms with Crippen LogP contribution in [0.2, 0.25) is 0 Å². The predicted octanol–water partition coefficient (Wildman–Crippen LogP) is 5.73. The number of rotatable bonds is 10. The van der Waals surface area contributed by atoms with E-state index in [1.807, 2.05) is 6.92 Å². The van der Waals surface area contributed by atoms with E-state index in [2.05, 4.69) is 0 Å². The van der Waals surface area contributed by atoms with Crippen LogP contribution in [0.5, 0.6) is 0 Å². The molecule has 1 saturated carbocycles. The molecule has 2 atom stereocenters. The first-order valence-corrected chi connectivity index (χ1v) is 15.4. The van der Waals surface area contributed by atoms with Crippen molar-refractivity contribution in [1.29, 1.82) is 0 Å². The number of carbonyl (C=O) groups excluding carboxylic acids is 2. The highest BCUT2D eigenvalue weighted by molar-refractivity contribution is 7.86. The zero-order valence-corrected chi connectivity index (χ0v) is 25.1. The van der Waals surface area contributed by atoms with E-state index in [-0.39, 0.29) is 48.6 Å². The number of carbonyl (C=O) groups is 2. The maximum Gasteiger partial charge on any atom is 0.412 e. The van der Waals surface area contributed by atoms with Crippen molar-refractivity contribution < 1.29 is 36.4 Å². The van der Waals surface area contributed by atoms with Crippen LogP contribution in [0.4, 0.5) is 4.79 Å². The van der Waals surface area contributed by atoms with Gasteiger partial charge in [0.1, 0.15) is 17.4 Å². The summed E-state index contributed by atoms with van der Waals surface area (Å²) in [5.74, 6) is -0.642. The lowest BCUT2D eigenvalue weighted by Crippen LogP contribution is -2.50. The van der Waals surface area contributed by atoms with Crippen LogP contribution in [-0.4, -0.2) is 62.1 Å². The van der Waals surface area contributed by atoms with Gasteiger partial charge in [0.25, 0.3) is 10.1 Å². The Morgan fingerprint density at radius 3 is 2.36 bits per heavy atom. The minimum Gasteiger partial charge on any atom is -0.462 e. The number of ether oxygens (including phenoxy) is 3. The van der Waals surface area contributed by atoms with Crippen LogP contribution in [0, 0.1) is 12.8 Å². The molecule has 9 nitrogen and oxygen atoms in total. The van der Waals surface area contributed by atoms with Gasteiger partial charge in [-0.2, -0.15) is 8.42 Å². The van der Waals surface area contributed by atoms with Gasteiger partial charge < -0.3 is 14.2 Å². The largest absolute Gasteiger partial charge is 0.462 e. The quantitative estimate of drug-likeness (QED) is 0.260. The number of hydrogen-bond donors (Lipinski definition) is 0. The van der Waals surface area contributed by atoms with Crippen LogP contribution >= 0.6 is 0 Å². The van der Waals surface area contributed by atoms with E-state index in [9.17, 15) is 18.0 Å². The molecule has 3 rings (SSSR count). The first-order chi connectivity index (χ1) is 18.2. The summed E-state index contributed by atoms with van der Waals surface area (Å²) in [5, 5.41) is 0.